The maximum absolute atomic E-state index is 4.48. The maximum Gasteiger partial charge on any atom is 0.128 e. The summed E-state index contributed by atoms with van der Waals surface area (Å²) in [5.41, 5.74) is 3.33. The zero-order valence-corrected chi connectivity index (χ0v) is 12.4. The van der Waals surface area contributed by atoms with Gasteiger partial charge in [-0.1, -0.05) is 48.5 Å². The van der Waals surface area contributed by atoms with Crippen molar-refractivity contribution in [3.05, 3.63) is 72.3 Å². The van der Waals surface area contributed by atoms with Crippen LogP contribution in [0.4, 0.5) is 11.4 Å². The highest BCUT2D eigenvalue weighted by Crippen LogP contribution is 2.33. The lowest BCUT2D eigenvalue weighted by Gasteiger charge is -2.32. The van der Waals surface area contributed by atoms with Crippen molar-refractivity contribution in [2.24, 2.45) is 4.99 Å². The van der Waals surface area contributed by atoms with E-state index in [4.69, 9.17) is 0 Å². The fourth-order valence-corrected chi connectivity index (χ4v) is 2.89. The molecule has 4 rings (SSSR count). The van der Waals surface area contributed by atoms with Crippen molar-refractivity contribution in [2.45, 2.75) is 6.17 Å². The van der Waals surface area contributed by atoms with Crippen LogP contribution in [0.5, 0.6) is 0 Å². The Morgan fingerprint density at radius 2 is 1.68 bits per heavy atom. The van der Waals surface area contributed by atoms with Gasteiger partial charge >= 0.3 is 0 Å². The molecule has 3 aromatic carbocycles. The number of rotatable bonds is 2. The highest BCUT2D eigenvalue weighted by molar-refractivity contribution is 5.85. The standard InChI is InChI=1S/C19H17N3/c1-22-13-20-18-9-5-4-8-17(18)19(22)21-16-11-10-14-6-2-3-7-15(14)12-16/h2-13,19,21H,1H3. The summed E-state index contributed by atoms with van der Waals surface area (Å²) in [6.45, 7) is 0. The first-order valence-corrected chi connectivity index (χ1v) is 7.42. The van der Waals surface area contributed by atoms with Gasteiger partial charge in [0.1, 0.15) is 6.17 Å². The van der Waals surface area contributed by atoms with Crippen molar-refractivity contribution in [1.29, 1.82) is 0 Å². The van der Waals surface area contributed by atoms with Crippen LogP contribution in [0.1, 0.15) is 11.7 Å². The van der Waals surface area contributed by atoms with Gasteiger partial charge in [-0.05, 0) is 29.0 Å². The van der Waals surface area contributed by atoms with Crippen LogP contribution in [0.3, 0.4) is 0 Å². The molecule has 1 N–H and O–H groups in total. The van der Waals surface area contributed by atoms with Crippen LogP contribution < -0.4 is 5.32 Å². The van der Waals surface area contributed by atoms with E-state index in [1.54, 1.807) is 0 Å². The summed E-state index contributed by atoms with van der Waals surface area (Å²) in [6.07, 6.45) is 1.97. The number of fused-ring (bicyclic) bond motifs is 2. The minimum atomic E-state index is 0.0925. The van der Waals surface area contributed by atoms with Crippen LogP contribution in [0.25, 0.3) is 10.8 Å². The summed E-state index contributed by atoms with van der Waals surface area (Å²) < 4.78 is 0. The molecule has 22 heavy (non-hydrogen) atoms. The number of para-hydroxylation sites is 1. The second-order valence-electron chi connectivity index (χ2n) is 5.58. The van der Waals surface area contributed by atoms with Crippen molar-refractivity contribution in [2.75, 3.05) is 12.4 Å². The van der Waals surface area contributed by atoms with Gasteiger partial charge in [-0.15, -0.1) is 0 Å². The average Bonchev–Trinajstić information content (AvgIpc) is 2.57. The lowest BCUT2D eigenvalue weighted by atomic mass is 10.1. The molecule has 1 atom stereocenters. The predicted octanol–water partition coefficient (Wildman–Crippen LogP) is 4.56. The second kappa shape index (κ2) is 5.19. The summed E-state index contributed by atoms with van der Waals surface area (Å²) in [5.74, 6) is 0. The number of hydrogen-bond donors (Lipinski definition) is 1. The Kier molecular flexibility index (Phi) is 3.04. The number of anilines is 1. The number of nitrogens with one attached hydrogen (secondary N) is 1. The van der Waals surface area contributed by atoms with E-state index in [-0.39, 0.29) is 6.17 Å². The molecular formula is C19H17N3. The summed E-state index contributed by atoms with van der Waals surface area (Å²) in [5, 5.41) is 6.11. The zero-order chi connectivity index (χ0) is 14.9. The largest absolute Gasteiger partial charge is 0.361 e. The topological polar surface area (TPSA) is 27.6 Å². The summed E-state index contributed by atoms with van der Waals surface area (Å²) in [7, 11) is 2.04. The third-order valence-corrected chi connectivity index (χ3v) is 4.07. The molecule has 1 aliphatic rings. The monoisotopic (exact) mass is 287 g/mol. The molecule has 0 aliphatic carbocycles. The van der Waals surface area contributed by atoms with Crippen LogP contribution in [0.2, 0.25) is 0 Å². The Balaban J connectivity index is 1.71. The van der Waals surface area contributed by atoms with E-state index in [0.29, 0.717) is 0 Å². The van der Waals surface area contributed by atoms with Crippen LogP contribution in [-0.2, 0) is 0 Å². The SMILES string of the molecule is CN1C=Nc2ccccc2C1Nc1ccc2ccccc2c1. The molecule has 0 bridgehead atoms. The minimum Gasteiger partial charge on any atom is -0.361 e. The average molecular weight is 287 g/mol. The Morgan fingerprint density at radius 1 is 0.909 bits per heavy atom. The first-order valence-electron chi connectivity index (χ1n) is 7.42. The van der Waals surface area contributed by atoms with E-state index in [1.165, 1.54) is 16.3 Å². The first kappa shape index (κ1) is 12.9. The van der Waals surface area contributed by atoms with Crippen LogP contribution in [0.15, 0.2) is 71.7 Å². The van der Waals surface area contributed by atoms with E-state index in [9.17, 15) is 0 Å². The van der Waals surface area contributed by atoms with Crippen LogP contribution in [0, 0.1) is 0 Å². The molecular weight excluding hydrogens is 270 g/mol. The first-order chi connectivity index (χ1) is 10.8. The molecule has 0 amide bonds. The van der Waals surface area contributed by atoms with Gasteiger partial charge in [0, 0.05) is 18.3 Å². The fourth-order valence-electron chi connectivity index (χ4n) is 2.89. The smallest absolute Gasteiger partial charge is 0.128 e. The molecule has 0 fully saturated rings. The minimum absolute atomic E-state index is 0.0925. The van der Waals surface area contributed by atoms with Crippen molar-refractivity contribution in [1.82, 2.24) is 4.90 Å². The molecule has 108 valence electrons. The lowest BCUT2D eigenvalue weighted by molar-refractivity contribution is 0.419. The van der Waals surface area contributed by atoms with Crippen LogP contribution >= 0.6 is 0 Å². The second-order valence-corrected chi connectivity index (χ2v) is 5.58. The molecule has 0 radical (unpaired) electrons. The third kappa shape index (κ3) is 2.21. The zero-order valence-electron chi connectivity index (χ0n) is 12.4. The Morgan fingerprint density at radius 3 is 2.59 bits per heavy atom. The third-order valence-electron chi connectivity index (χ3n) is 4.07. The van der Waals surface area contributed by atoms with Gasteiger partial charge in [-0.25, -0.2) is 4.99 Å². The van der Waals surface area contributed by atoms with E-state index >= 15 is 0 Å². The molecule has 1 aliphatic heterocycles. The van der Waals surface area contributed by atoms with Crippen molar-refractivity contribution < 1.29 is 0 Å². The quantitative estimate of drug-likeness (QED) is 0.748. The predicted molar refractivity (Wildman–Crippen MR) is 92.7 cm³/mol. The molecule has 3 aromatic rings. The summed E-state index contributed by atoms with van der Waals surface area (Å²) in [4.78, 5) is 6.57. The lowest BCUT2D eigenvalue weighted by Crippen LogP contribution is -2.31. The number of benzene rings is 3. The molecule has 0 aromatic heterocycles. The number of nitrogens with zero attached hydrogens (tertiary/aromatic N) is 2. The fraction of sp³-hybridized carbons (Fsp3) is 0.105. The van der Waals surface area contributed by atoms with Gasteiger partial charge < -0.3 is 10.2 Å². The van der Waals surface area contributed by atoms with Gasteiger partial charge in [0.05, 0.1) is 12.0 Å². The number of hydrogen-bond acceptors (Lipinski definition) is 3. The van der Waals surface area contributed by atoms with Gasteiger partial charge in [-0.2, -0.15) is 0 Å². The normalized spacial score (nSPS) is 16.6. The molecule has 1 unspecified atom stereocenters. The van der Waals surface area contributed by atoms with Gasteiger partial charge in [-0.3, -0.25) is 0 Å². The highest BCUT2D eigenvalue weighted by atomic mass is 15.3. The van der Waals surface area contributed by atoms with E-state index in [1.807, 2.05) is 25.5 Å². The molecule has 3 nitrogen and oxygen atoms in total. The van der Waals surface area contributed by atoms with Gasteiger partial charge in [0.2, 0.25) is 0 Å². The Labute approximate surface area is 129 Å². The number of aliphatic imine (C=N–C) groups is 1. The van der Waals surface area contributed by atoms with Gasteiger partial charge in [0.25, 0.3) is 0 Å². The van der Waals surface area contributed by atoms with Gasteiger partial charge in [0.15, 0.2) is 0 Å². The van der Waals surface area contributed by atoms with E-state index in [2.05, 4.69) is 69.8 Å². The van der Waals surface area contributed by atoms with Crippen LogP contribution in [-0.4, -0.2) is 18.3 Å². The van der Waals surface area contributed by atoms with Crippen molar-refractivity contribution >= 4 is 28.5 Å². The van der Waals surface area contributed by atoms with E-state index in [0.717, 1.165) is 11.4 Å². The molecule has 0 saturated heterocycles. The Hall–Kier alpha value is -2.81. The molecule has 0 spiro atoms. The molecule has 1 heterocycles. The maximum atomic E-state index is 4.48. The van der Waals surface area contributed by atoms with E-state index < -0.39 is 0 Å². The summed E-state index contributed by atoms with van der Waals surface area (Å²) >= 11 is 0. The summed E-state index contributed by atoms with van der Waals surface area (Å²) in [6, 6.07) is 23.1. The molecule has 0 saturated carbocycles. The molecule has 3 heteroatoms. The highest BCUT2D eigenvalue weighted by Gasteiger charge is 2.21. The Bertz CT molecular complexity index is 854. The van der Waals surface area contributed by atoms with Crippen molar-refractivity contribution in [3.8, 4) is 0 Å². The van der Waals surface area contributed by atoms with Crippen molar-refractivity contribution in [3.63, 3.8) is 0 Å².